The first kappa shape index (κ1) is 32.8. The predicted octanol–water partition coefficient (Wildman–Crippen LogP) is 7.47. The van der Waals surface area contributed by atoms with Gasteiger partial charge in [-0.05, 0) is 29.8 Å². The van der Waals surface area contributed by atoms with E-state index in [4.69, 9.17) is 9.15 Å². The van der Waals surface area contributed by atoms with Crippen LogP contribution < -0.4 is 14.8 Å². The summed E-state index contributed by atoms with van der Waals surface area (Å²) >= 11 is 4.15. The zero-order chi connectivity index (χ0) is 28.8. The summed E-state index contributed by atoms with van der Waals surface area (Å²) in [7, 11) is 8.00. The van der Waals surface area contributed by atoms with E-state index in [-0.39, 0.29) is 12.6 Å². The first-order valence-electron chi connectivity index (χ1n) is 13.5. The van der Waals surface area contributed by atoms with E-state index in [2.05, 4.69) is 36.9 Å². The molecule has 0 saturated carbocycles. The largest absolute Gasteiger partial charge is 0.461 e. The van der Waals surface area contributed by atoms with Gasteiger partial charge in [0.2, 0.25) is 5.36 Å². The quantitative estimate of drug-likeness (QED) is 0.124. The molecule has 0 N–H and O–H groups in total. The van der Waals surface area contributed by atoms with Gasteiger partial charge in [-0.3, -0.25) is 0 Å². The zero-order valence-electron chi connectivity index (χ0n) is 24.8. The van der Waals surface area contributed by atoms with Gasteiger partial charge in [-0.1, -0.05) is 59.7 Å². The number of thiol groups is 1. The lowest BCUT2D eigenvalue weighted by molar-refractivity contribution is 0.0531. The maximum atomic E-state index is 12.9. The van der Waals surface area contributed by atoms with E-state index in [1.54, 1.807) is 6.07 Å². The van der Waals surface area contributed by atoms with Gasteiger partial charge in [-0.25, -0.2) is 9.37 Å². The van der Waals surface area contributed by atoms with Gasteiger partial charge in [-0.15, -0.1) is 0 Å². The molecule has 0 radical (unpaired) electrons. The molecule has 0 saturated heterocycles. The first-order chi connectivity index (χ1) is 18.4. The molecule has 2 aromatic carbocycles. The SMILES string of the molecule is CC.CC.CC.CN(C)c1ccc2c(-c3ccccc3C(=O)OCCS)c3ccc(=[N+](C)C)cc-3oc2c1. The predicted molar refractivity (Wildman–Crippen MR) is 168 cm³/mol. The Labute approximate surface area is 234 Å². The molecular weight excluding hydrogens is 492 g/mol. The van der Waals surface area contributed by atoms with Crippen LogP contribution in [0.1, 0.15) is 51.9 Å². The van der Waals surface area contributed by atoms with Crippen LogP contribution in [0, 0.1) is 0 Å². The van der Waals surface area contributed by atoms with E-state index in [0.717, 1.165) is 44.5 Å². The average molecular weight is 538 g/mol. The maximum Gasteiger partial charge on any atom is 0.338 e. The number of nitrogens with zero attached hydrogens (tertiary/aromatic N) is 2. The van der Waals surface area contributed by atoms with E-state index in [0.29, 0.717) is 11.3 Å². The molecule has 0 atom stereocenters. The molecular formula is C32H45N2O3S+. The van der Waals surface area contributed by atoms with Gasteiger partial charge in [0.05, 0.1) is 11.6 Å². The molecule has 38 heavy (non-hydrogen) atoms. The second kappa shape index (κ2) is 16.6. The molecule has 0 bridgehead atoms. The van der Waals surface area contributed by atoms with Crippen LogP contribution >= 0.6 is 12.6 Å². The number of ether oxygens (including phenoxy) is 1. The van der Waals surface area contributed by atoms with Crippen molar-refractivity contribution in [3.63, 3.8) is 0 Å². The highest BCUT2D eigenvalue weighted by molar-refractivity contribution is 7.80. The summed E-state index contributed by atoms with van der Waals surface area (Å²) in [6, 6.07) is 19.8. The third kappa shape index (κ3) is 7.64. The summed E-state index contributed by atoms with van der Waals surface area (Å²) in [5, 5.41) is 1.98. The minimum atomic E-state index is -0.355. The average Bonchev–Trinajstić information content (AvgIpc) is 2.97. The number of hydrogen-bond acceptors (Lipinski definition) is 5. The lowest BCUT2D eigenvalue weighted by Crippen LogP contribution is -2.21. The second-order valence-corrected chi connectivity index (χ2v) is 8.48. The van der Waals surface area contributed by atoms with E-state index in [1.807, 2.05) is 110 Å². The van der Waals surface area contributed by atoms with Crippen molar-refractivity contribution in [2.45, 2.75) is 41.5 Å². The van der Waals surface area contributed by atoms with Crippen molar-refractivity contribution in [3.05, 3.63) is 71.6 Å². The monoisotopic (exact) mass is 537 g/mol. The van der Waals surface area contributed by atoms with Gasteiger partial charge < -0.3 is 14.1 Å². The van der Waals surface area contributed by atoms with Crippen molar-refractivity contribution < 1.29 is 13.9 Å². The maximum absolute atomic E-state index is 12.9. The lowest BCUT2D eigenvalue weighted by Gasteiger charge is -2.19. The fraction of sp³-hybridized carbons (Fsp3) is 0.375. The Bertz CT molecular complexity index is 1340. The summed E-state index contributed by atoms with van der Waals surface area (Å²) in [6.07, 6.45) is 0. The molecule has 0 amide bonds. The highest BCUT2D eigenvalue weighted by Gasteiger charge is 2.22. The Kier molecular flexibility index (Phi) is 14.3. The van der Waals surface area contributed by atoms with Gasteiger partial charge in [0.15, 0.2) is 0 Å². The van der Waals surface area contributed by atoms with Crippen molar-refractivity contribution in [1.29, 1.82) is 0 Å². The Balaban J connectivity index is 0.00000112. The number of esters is 1. The lowest BCUT2D eigenvalue weighted by atomic mass is 9.90. The van der Waals surface area contributed by atoms with Gasteiger partial charge in [-0.2, -0.15) is 12.6 Å². The third-order valence-electron chi connectivity index (χ3n) is 5.46. The van der Waals surface area contributed by atoms with E-state index in [9.17, 15) is 4.79 Å². The molecule has 2 aliphatic rings. The molecule has 6 heteroatoms. The Morgan fingerprint density at radius 1 is 0.895 bits per heavy atom. The van der Waals surface area contributed by atoms with Crippen molar-refractivity contribution in [2.24, 2.45) is 0 Å². The van der Waals surface area contributed by atoms with Gasteiger partial charge in [0.1, 0.15) is 32.0 Å². The highest BCUT2D eigenvalue weighted by Crippen LogP contribution is 2.42. The minimum absolute atomic E-state index is 0.264. The number of benzene rings is 3. The highest BCUT2D eigenvalue weighted by atomic mass is 32.1. The number of carbonyl (C=O) groups is 1. The molecule has 0 unspecified atom stereocenters. The van der Waals surface area contributed by atoms with Gasteiger partial charge in [0.25, 0.3) is 0 Å². The second-order valence-electron chi connectivity index (χ2n) is 8.03. The molecule has 206 valence electrons. The Morgan fingerprint density at radius 2 is 1.55 bits per heavy atom. The van der Waals surface area contributed by atoms with Crippen molar-refractivity contribution in [3.8, 4) is 22.5 Å². The van der Waals surface area contributed by atoms with Gasteiger partial charge >= 0.3 is 5.97 Å². The molecule has 5 nitrogen and oxygen atoms in total. The van der Waals surface area contributed by atoms with Crippen molar-refractivity contribution in [2.75, 3.05) is 45.5 Å². The molecule has 1 aliphatic heterocycles. The van der Waals surface area contributed by atoms with E-state index in [1.165, 1.54) is 0 Å². The first-order valence-corrected chi connectivity index (χ1v) is 14.1. The fourth-order valence-corrected chi connectivity index (χ4v) is 3.90. The third-order valence-corrected chi connectivity index (χ3v) is 5.65. The van der Waals surface area contributed by atoms with Crippen LogP contribution in [0.2, 0.25) is 0 Å². The summed E-state index contributed by atoms with van der Waals surface area (Å²) in [5.74, 6) is 0.879. The number of carbonyl (C=O) groups excluding carboxylic acids is 1. The van der Waals surface area contributed by atoms with Gasteiger partial charge in [0, 0.05) is 54.2 Å². The molecule has 0 fully saturated rings. The zero-order valence-corrected chi connectivity index (χ0v) is 25.6. The molecule has 1 aliphatic carbocycles. The normalized spacial score (nSPS) is 9.76. The minimum Gasteiger partial charge on any atom is -0.461 e. The molecule has 0 spiro atoms. The van der Waals surface area contributed by atoms with Crippen LogP contribution in [0.15, 0.2) is 65.1 Å². The van der Waals surface area contributed by atoms with E-state index >= 15 is 0 Å². The number of hydrogen-bond donors (Lipinski definition) is 1. The van der Waals surface area contributed by atoms with Crippen LogP contribution in [-0.4, -0.2) is 46.5 Å². The van der Waals surface area contributed by atoms with Crippen molar-refractivity contribution in [1.82, 2.24) is 4.58 Å². The Morgan fingerprint density at radius 3 is 2.16 bits per heavy atom. The van der Waals surface area contributed by atoms with Crippen LogP contribution in [0.25, 0.3) is 33.4 Å². The molecule has 1 heterocycles. The summed E-state index contributed by atoms with van der Waals surface area (Å²) in [5.41, 5.74) is 5.03. The van der Waals surface area contributed by atoms with Crippen LogP contribution in [0.5, 0.6) is 0 Å². The standard InChI is InChI=1S/C26H26N2O3S.3C2H6/c1-27(2)17-9-11-21-23(15-17)31-24-16-18(28(3)4)10-12-22(24)25(21)19-7-5-6-8-20(19)26(29)30-13-14-32;3*1-2/h5-12,15-16H,13-14H2,1-4H3;3*1-2H3/p+1. The number of anilines is 1. The summed E-state index contributed by atoms with van der Waals surface area (Å²) in [6.45, 7) is 12.3. The van der Waals surface area contributed by atoms with Crippen LogP contribution in [0.3, 0.4) is 0 Å². The topological polar surface area (TPSA) is 45.7 Å². The van der Waals surface area contributed by atoms with Crippen molar-refractivity contribution >= 4 is 35.3 Å². The summed E-state index contributed by atoms with van der Waals surface area (Å²) in [4.78, 5) is 14.9. The van der Waals surface area contributed by atoms with Crippen LogP contribution in [-0.2, 0) is 4.74 Å². The fourth-order valence-electron chi connectivity index (χ4n) is 3.81. The summed E-state index contributed by atoms with van der Waals surface area (Å²) < 4.78 is 13.8. The van der Waals surface area contributed by atoms with Crippen LogP contribution in [0.4, 0.5) is 5.69 Å². The molecule has 0 aromatic heterocycles. The van der Waals surface area contributed by atoms with E-state index < -0.39 is 0 Å². The smallest absolute Gasteiger partial charge is 0.338 e. The number of rotatable bonds is 5. The Hall–Kier alpha value is -3.25. The molecule has 4 rings (SSSR count). The molecule has 2 aromatic rings. The number of fused-ring (bicyclic) bond motifs is 2.